The van der Waals surface area contributed by atoms with E-state index in [1.807, 2.05) is 0 Å². The zero-order chi connectivity index (χ0) is 12.0. The zero-order valence-corrected chi connectivity index (χ0v) is 11.3. The van der Waals surface area contributed by atoms with Gasteiger partial charge in [-0.2, -0.15) is 0 Å². The molecular weight excluding hydrogens is 198 g/mol. The highest BCUT2D eigenvalue weighted by atomic mass is 16.3. The summed E-state index contributed by atoms with van der Waals surface area (Å²) in [6, 6.07) is 0. The number of hydrogen-bond donors (Lipinski definition) is 1. The first-order valence-corrected chi connectivity index (χ1v) is 7.11. The van der Waals surface area contributed by atoms with Crippen molar-refractivity contribution in [3.05, 3.63) is 0 Å². The van der Waals surface area contributed by atoms with Gasteiger partial charge >= 0.3 is 0 Å². The third kappa shape index (κ3) is 4.06. The first kappa shape index (κ1) is 14.0. The van der Waals surface area contributed by atoms with Crippen molar-refractivity contribution in [1.29, 1.82) is 0 Å². The van der Waals surface area contributed by atoms with E-state index in [-0.39, 0.29) is 6.10 Å². The minimum Gasteiger partial charge on any atom is -0.393 e. The van der Waals surface area contributed by atoms with E-state index >= 15 is 0 Å². The van der Waals surface area contributed by atoms with Gasteiger partial charge in [-0.25, -0.2) is 0 Å². The topological polar surface area (TPSA) is 23.5 Å². The molecule has 1 aliphatic rings. The predicted octanol–water partition coefficient (Wildman–Crippen LogP) is 2.91. The summed E-state index contributed by atoms with van der Waals surface area (Å²) >= 11 is 0. The Hall–Kier alpha value is -0.0800. The highest BCUT2D eigenvalue weighted by molar-refractivity contribution is 4.81. The fourth-order valence-corrected chi connectivity index (χ4v) is 2.94. The molecule has 0 aromatic heterocycles. The van der Waals surface area contributed by atoms with Crippen LogP contribution in [0.4, 0.5) is 0 Å². The van der Waals surface area contributed by atoms with E-state index in [1.165, 1.54) is 32.2 Å². The SMILES string of the molecule is CCCN(CC)CC1CC(CC)CCC1O. The van der Waals surface area contributed by atoms with E-state index in [1.54, 1.807) is 0 Å². The van der Waals surface area contributed by atoms with Gasteiger partial charge < -0.3 is 10.0 Å². The van der Waals surface area contributed by atoms with Crippen molar-refractivity contribution < 1.29 is 5.11 Å². The molecule has 3 atom stereocenters. The Bertz CT molecular complexity index is 184. The van der Waals surface area contributed by atoms with Crippen molar-refractivity contribution in [3.8, 4) is 0 Å². The molecule has 0 saturated heterocycles. The van der Waals surface area contributed by atoms with E-state index in [9.17, 15) is 5.11 Å². The number of aliphatic hydroxyl groups is 1. The van der Waals surface area contributed by atoms with E-state index in [2.05, 4.69) is 25.7 Å². The second-order valence-electron chi connectivity index (χ2n) is 5.31. The van der Waals surface area contributed by atoms with Gasteiger partial charge in [0.15, 0.2) is 0 Å². The Labute approximate surface area is 101 Å². The van der Waals surface area contributed by atoms with Crippen LogP contribution in [0.25, 0.3) is 0 Å². The third-order valence-corrected chi connectivity index (χ3v) is 4.11. The van der Waals surface area contributed by atoms with Gasteiger partial charge in [0.05, 0.1) is 6.10 Å². The van der Waals surface area contributed by atoms with Crippen LogP contribution >= 0.6 is 0 Å². The molecule has 3 unspecified atom stereocenters. The Balaban J connectivity index is 2.42. The average molecular weight is 227 g/mol. The molecule has 2 heteroatoms. The van der Waals surface area contributed by atoms with Crippen LogP contribution in [-0.2, 0) is 0 Å². The molecule has 1 rings (SSSR count). The van der Waals surface area contributed by atoms with Crippen molar-refractivity contribution in [2.75, 3.05) is 19.6 Å². The lowest BCUT2D eigenvalue weighted by Crippen LogP contribution is -2.39. The molecule has 0 aromatic rings. The summed E-state index contributed by atoms with van der Waals surface area (Å²) in [5, 5.41) is 10.1. The molecule has 1 fully saturated rings. The lowest BCUT2D eigenvalue weighted by atomic mass is 9.78. The van der Waals surface area contributed by atoms with Crippen LogP contribution in [0, 0.1) is 11.8 Å². The average Bonchev–Trinajstić information content (AvgIpc) is 2.31. The first-order chi connectivity index (χ1) is 7.71. The maximum absolute atomic E-state index is 10.1. The molecule has 2 nitrogen and oxygen atoms in total. The molecule has 96 valence electrons. The lowest BCUT2D eigenvalue weighted by Gasteiger charge is -2.36. The van der Waals surface area contributed by atoms with Gasteiger partial charge in [0.1, 0.15) is 0 Å². The van der Waals surface area contributed by atoms with Gasteiger partial charge in [0, 0.05) is 6.54 Å². The molecule has 0 spiro atoms. The van der Waals surface area contributed by atoms with Gasteiger partial charge in [-0.1, -0.05) is 27.2 Å². The summed E-state index contributed by atoms with van der Waals surface area (Å²) in [7, 11) is 0. The second-order valence-corrected chi connectivity index (χ2v) is 5.31. The molecule has 1 aliphatic carbocycles. The summed E-state index contributed by atoms with van der Waals surface area (Å²) in [6.45, 7) is 10.1. The Morgan fingerprint density at radius 3 is 2.50 bits per heavy atom. The first-order valence-electron chi connectivity index (χ1n) is 7.11. The van der Waals surface area contributed by atoms with Crippen molar-refractivity contribution in [3.63, 3.8) is 0 Å². The van der Waals surface area contributed by atoms with Crippen LogP contribution in [0.1, 0.15) is 52.9 Å². The molecule has 0 bridgehead atoms. The second kappa shape index (κ2) is 7.29. The summed E-state index contributed by atoms with van der Waals surface area (Å²) in [4.78, 5) is 2.49. The van der Waals surface area contributed by atoms with E-state index < -0.39 is 0 Å². The van der Waals surface area contributed by atoms with Gasteiger partial charge in [0.25, 0.3) is 0 Å². The summed E-state index contributed by atoms with van der Waals surface area (Å²) in [6.07, 6.45) is 5.93. The molecule has 0 amide bonds. The van der Waals surface area contributed by atoms with Gasteiger partial charge in [-0.3, -0.25) is 0 Å². The van der Waals surface area contributed by atoms with E-state index in [0.29, 0.717) is 5.92 Å². The lowest BCUT2D eigenvalue weighted by molar-refractivity contribution is 0.0276. The van der Waals surface area contributed by atoms with Crippen LogP contribution in [0.5, 0.6) is 0 Å². The van der Waals surface area contributed by atoms with Gasteiger partial charge in [0.2, 0.25) is 0 Å². The zero-order valence-electron chi connectivity index (χ0n) is 11.3. The van der Waals surface area contributed by atoms with E-state index in [0.717, 1.165) is 25.4 Å². The molecule has 0 radical (unpaired) electrons. The summed E-state index contributed by atoms with van der Waals surface area (Å²) in [5.41, 5.74) is 0. The van der Waals surface area contributed by atoms with Crippen molar-refractivity contribution in [2.24, 2.45) is 11.8 Å². The molecule has 1 saturated carbocycles. The smallest absolute Gasteiger partial charge is 0.0580 e. The number of nitrogens with zero attached hydrogens (tertiary/aromatic N) is 1. The fourth-order valence-electron chi connectivity index (χ4n) is 2.94. The highest BCUT2D eigenvalue weighted by Gasteiger charge is 2.29. The van der Waals surface area contributed by atoms with E-state index in [4.69, 9.17) is 0 Å². The summed E-state index contributed by atoms with van der Waals surface area (Å²) in [5.74, 6) is 1.37. The van der Waals surface area contributed by atoms with Crippen LogP contribution in [0.3, 0.4) is 0 Å². The van der Waals surface area contributed by atoms with Gasteiger partial charge in [-0.05, 0) is 50.6 Å². The minimum atomic E-state index is -0.0475. The highest BCUT2D eigenvalue weighted by Crippen LogP contribution is 2.31. The van der Waals surface area contributed by atoms with Crippen LogP contribution in [0.15, 0.2) is 0 Å². The van der Waals surface area contributed by atoms with Crippen LogP contribution in [0.2, 0.25) is 0 Å². The molecule has 0 heterocycles. The van der Waals surface area contributed by atoms with Crippen molar-refractivity contribution in [1.82, 2.24) is 4.90 Å². The maximum atomic E-state index is 10.1. The Kier molecular flexibility index (Phi) is 6.37. The standard InChI is InChI=1S/C14H29NO/c1-4-9-15(6-3)11-13-10-12(5-2)7-8-14(13)16/h12-14,16H,4-11H2,1-3H3. The molecular formula is C14H29NO. The molecule has 0 aromatic carbocycles. The number of hydrogen-bond acceptors (Lipinski definition) is 2. The third-order valence-electron chi connectivity index (χ3n) is 4.11. The number of aliphatic hydroxyl groups excluding tert-OH is 1. The maximum Gasteiger partial charge on any atom is 0.0580 e. The Morgan fingerprint density at radius 2 is 1.94 bits per heavy atom. The monoisotopic (exact) mass is 227 g/mol. The Morgan fingerprint density at radius 1 is 1.19 bits per heavy atom. The van der Waals surface area contributed by atoms with Gasteiger partial charge in [-0.15, -0.1) is 0 Å². The normalized spacial score (nSPS) is 30.9. The molecule has 1 N–H and O–H groups in total. The van der Waals surface area contributed by atoms with Crippen molar-refractivity contribution in [2.45, 2.75) is 59.0 Å². The molecule has 0 aliphatic heterocycles. The van der Waals surface area contributed by atoms with Crippen molar-refractivity contribution >= 4 is 0 Å². The summed E-state index contributed by atoms with van der Waals surface area (Å²) < 4.78 is 0. The fraction of sp³-hybridized carbons (Fsp3) is 1.00. The molecule has 16 heavy (non-hydrogen) atoms. The minimum absolute atomic E-state index is 0.0475. The number of rotatable bonds is 6. The van der Waals surface area contributed by atoms with Crippen LogP contribution in [-0.4, -0.2) is 35.7 Å². The largest absolute Gasteiger partial charge is 0.393 e. The predicted molar refractivity (Wildman–Crippen MR) is 69.5 cm³/mol. The van der Waals surface area contributed by atoms with Crippen LogP contribution < -0.4 is 0 Å². The quantitative estimate of drug-likeness (QED) is 0.754.